The van der Waals surface area contributed by atoms with E-state index in [1.807, 2.05) is 12.1 Å². The van der Waals surface area contributed by atoms with Gasteiger partial charge in [-0.3, -0.25) is 9.59 Å². The number of amides is 1. The number of aromatic nitrogens is 2. The standard InChI is InChI=1S/C21H20N4O3/c1-21(2,3)28-19(26)11-23-20(27)16-8-9-18-24-17(13-25(18)12-16)15-6-4-14(10-22)5-7-15/h4-9,12-13H,11H2,1-3H3,(H,23,27). The number of imidazole rings is 1. The third-order valence-electron chi connectivity index (χ3n) is 3.84. The minimum absolute atomic E-state index is 0.200. The number of nitrogens with zero attached hydrogens (tertiary/aromatic N) is 3. The van der Waals surface area contributed by atoms with E-state index in [1.165, 1.54) is 0 Å². The van der Waals surface area contributed by atoms with Gasteiger partial charge in [0.2, 0.25) is 0 Å². The Morgan fingerprint density at radius 2 is 1.86 bits per heavy atom. The first-order valence-electron chi connectivity index (χ1n) is 8.74. The Balaban J connectivity index is 1.74. The zero-order valence-electron chi connectivity index (χ0n) is 15.9. The van der Waals surface area contributed by atoms with Gasteiger partial charge in [-0.05, 0) is 45.0 Å². The Morgan fingerprint density at radius 1 is 1.14 bits per heavy atom. The molecule has 2 heterocycles. The lowest BCUT2D eigenvalue weighted by atomic mass is 10.1. The molecule has 0 fully saturated rings. The van der Waals surface area contributed by atoms with Crippen molar-refractivity contribution in [3.8, 4) is 17.3 Å². The predicted octanol–water partition coefficient (Wildman–Crippen LogP) is 2.94. The van der Waals surface area contributed by atoms with E-state index in [9.17, 15) is 9.59 Å². The molecule has 1 aromatic carbocycles. The topological polar surface area (TPSA) is 96.5 Å². The quantitative estimate of drug-likeness (QED) is 0.706. The van der Waals surface area contributed by atoms with Crippen LogP contribution in [0, 0.1) is 11.3 Å². The van der Waals surface area contributed by atoms with E-state index in [4.69, 9.17) is 10.00 Å². The Kier molecular flexibility index (Phi) is 5.14. The van der Waals surface area contributed by atoms with E-state index < -0.39 is 11.6 Å². The van der Waals surface area contributed by atoms with Crippen molar-refractivity contribution in [3.63, 3.8) is 0 Å². The summed E-state index contributed by atoms with van der Waals surface area (Å²) >= 11 is 0. The van der Waals surface area contributed by atoms with Gasteiger partial charge in [0.1, 0.15) is 17.8 Å². The lowest BCUT2D eigenvalue weighted by molar-refractivity contribution is -0.153. The summed E-state index contributed by atoms with van der Waals surface area (Å²) in [5, 5.41) is 11.5. The van der Waals surface area contributed by atoms with E-state index in [-0.39, 0.29) is 12.5 Å². The fourth-order valence-corrected chi connectivity index (χ4v) is 2.61. The second kappa shape index (κ2) is 7.53. The number of benzene rings is 1. The van der Waals surface area contributed by atoms with Crippen LogP contribution in [0.1, 0.15) is 36.7 Å². The average molecular weight is 376 g/mol. The number of carbonyl (C=O) groups is 2. The SMILES string of the molecule is CC(C)(C)OC(=O)CNC(=O)c1ccc2nc(-c3ccc(C#N)cc3)cn2c1. The number of nitrogens with one attached hydrogen (secondary N) is 1. The molecule has 3 aromatic rings. The third kappa shape index (κ3) is 4.54. The molecule has 0 saturated heterocycles. The van der Waals surface area contributed by atoms with Crippen LogP contribution in [-0.4, -0.2) is 33.4 Å². The van der Waals surface area contributed by atoms with Crippen molar-refractivity contribution >= 4 is 17.5 Å². The normalized spacial score (nSPS) is 11.1. The fraction of sp³-hybridized carbons (Fsp3) is 0.238. The molecule has 0 radical (unpaired) electrons. The van der Waals surface area contributed by atoms with Gasteiger partial charge < -0.3 is 14.5 Å². The van der Waals surface area contributed by atoms with Crippen LogP contribution in [0.5, 0.6) is 0 Å². The molecule has 0 bridgehead atoms. The Morgan fingerprint density at radius 3 is 2.50 bits per heavy atom. The highest BCUT2D eigenvalue weighted by molar-refractivity contribution is 5.96. The molecule has 0 spiro atoms. The van der Waals surface area contributed by atoms with Gasteiger partial charge in [-0.25, -0.2) is 4.98 Å². The van der Waals surface area contributed by atoms with Gasteiger partial charge in [0, 0.05) is 18.0 Å². The summed E-state index contributed by atoms with van der Waals surface area (Å²) < 4.78 is 6.92. The second-order valence-electron chi connectivity index (χ2n) is 7.27. The minimum Gasteiger partial charge on any atom is -0.459 e. The van der Waals surface area contributed by atoms with Gasteiger partial charge in [0.25, 0.3) is 5.91 Å². The fourth-order valence-electron chi connectivity index (χ4n) is 2.61. The summed E-state index contributed by atoms with van der Waals surface area (Å²) in [5.41, 5.74) is 2.67. The molecule has 0 saturated carbocycles. The van der Waals surface area contributed by atoms with Gasteiger partial charge in [0.05, 0.1) is 22.9 Å². The molecule has 1 N–H and O–H groups in total. The molecule has 1 amide bonds. The molecular formula is C21H20N4O3. The van der Waals surface area contributed by atoms with E-state index in [0.29, 0.717) is 16.8 Å². The van der Waals surface area contributed by atoms with Crippen molar-refractivity contribution in [1.29, 1.82) is 5.26 Å². The molecular weight excluding hydrogens is 356 g/mol. The number of esters is 1. The van der Waals surface area contributed by atoms with Gasteiger partial charge in [-0.2, -0.15) is 5.26 Å². The molecule has 2 aromatic heterocycles. The number of hydrogen-bond acceptors (Lipinski definition) is 5. The van der Waals surface area contributed by atoms with Crippen molar-refractivity contribution in [2.75, 3.05) is 6.54 Å². The minimum atomic E-state index is -0.598. The molecule has 0 atom stereocenters. The number of nitriles is 1. The van der Waals surface area contributed by atoms with Crippen LogP contribution in [0.2, 0.25) is 0 Å². The Bertz CT molecular complexity index is 1070. The largest absolute Gasteiger partial charge is 0.459 e. The zero-order valence-corrected chi connectivity index (χ0v) is 15.9. The van der Waals surface area contributed by atoms with E-state index in [2.05, 4.69) is 16.4 Å². The first kappa shape index (κ1) is 19.1. The summed E-state index contributed by atoms with van der Waals surface area (Å²) in [6.07, 6.45) is 3.46. The Labute approximate surface area is 162 Å². The van der Waals surface area contributed by atoms with Crippen LogP contribution in [-0.2, 0) is 9.53 Å². The van der Waals surface area contributed by atoms with Crippen LogP contribution < -0.4 is 5.32 Å². The number of rotatable bonds is 4. The monoisotopic (exact) mass is 376 g/mol. The predicted molar refractivity (Wildman–Crippen MR) is 104 cm³/mol. The van der Waals surface area contributed by atoms with Gasteiger partial charge in [-0.15, -0.1) is 0 Å². The molecule has 142 valence electrons. The van der Waals surface area contributed by atoms with Gasteiger partial charge in [-0.1, -0.05) is 12.1 Å². The van der Waals surface area contributed by atoms with Crippen molar-refractivity contribution in [3.05, 3.63) is 59.9 Å². The molecule has 7 heteroatoms. The first-order chi connectivity index (χ1) is 13.2. The number of fused-ring (bicyclic) bond motifs is 1. The molecule has 28 heavy (non-hydrogen) atoms. The van der Waals surface area contributed by atoms with Crippen LogP contribution in [0.3, 0.4) is 0 Å². The van der Waals surface area contributed by atoms with Crippen molar-refractivity contribution in [2.24, 2.45) is 0 Å². The van der Waals surface area contributed by atoms with Crippen LogP contribution in [0.15, 0.2) is 48.8 Å². The summed E-state index contributed by atoms with van der Waals surface area (Å²) in [6.45, 7) is 5.11. The number of carbonyl (C=O) groups excluding carboxylic acids is 2. The second-order valence-corrected chi connectivity index (χ2v) is 7.27. The number of pyridine rings is 1. The summed E-state index contributed by atoms with van der Waals surface area (Å²) in [5.74, 6) is -0.867. The highest BCUT2D eigenvalue weighted by Crippen LogP contribution is 2.20. The molecule has 0 aliphatic heterocycles. The van der Waals surface area contributed by atoms with Gasteiger partial charge >= 0.3 is 5.97 Å². The van der Waals surface area contributed by atoms with E-state index in [1.54, 1.807) is 61.8 Å². The highest BCUT2D eigenvalue weighted by Gasteiger charge is 2.17. The third-order valence-corrected chi connectivity index (χ3v) is 3.84. The number of ether oxygens (including phenoxy) is 1. The maximum absolute atomic E-state index is 12.3. The lowest BCUT2D eigenvalue weighted by Crippen LogP contribution is -2.34. The summed E-state index contributed by atoms with van der Waals surface area (Å²) in [4.78, 5) is 28.6. The van der Waals surface area contributed by atoms with Crippen LogP contribution >= 0.6 is 0 Å². The van der Waals surface area contributed by atoms with E-state index >= 15 is 0 Å². The van der Waals surface area contributed by atoms with Crippen LogP contribution in [0.4, 0.5) is 0 Å². The Hall–Kier alpha value is -3.66. The van der Waals surface area contributed by atoms with Crippen molar-refractivity contribution in [1.82, 2.24) is 14.7 Å². The van der Waals surface area contributed by atoms with Crippen molar-refractivity contribution < 1.29 is 14.3 Å². The van der Waals surface area contributed by atoms with E-state index in [0.717, 1.165) is 11.3 Å². The maximum atomic E-state index is 12.3. The highest BCUT2D eigenvalue weighted by atomic mass is 16.6. The maximum Gasteiger partial charge on any atom is 0.325 e. The lowest BCUT2D eigenvalue weighted by Gasteiger charge is -2.19. The van der Waals surface area contributed by atoms with Crippen molar-refractivity contribution in [2.45, 2.75) is 26.4 Å². The molecule has 0 unspecified atom stereocenters. The zero-order chi connectivity index (χ0) is 20.3. The summed E-state index contributed by atoms with van der Waals surface area (Å²) in [7, 11) is 0. The first-order valence-corrected chi connectivity index (χ1v) is 8.74. The van der Waals surface area contributed by atoms with Crippen LogP contribution in [0.25, 0.3) is 16.9 Å². The average Bonchev–Trinajstić information content (AvgIpc) is 3.08. The summed E-state index contributed by atoms with van der Waals surface area (Å²) in [6, 6.07) is 12.6. The number of hydrogen-bond donors (Lipinski definition) is 1. The molecule has 0 aliphatic carbocycles. The molecule has 3 rings (SSSR count). The van der Waals surface area contributed by atoms with Gasteiger partial charge in [0.15, 0.2) is 0 Å². The molecule has 0 aliphatic rings. The molecule has 7 nitrogen and oxygen atoms in total. The smallest absolute Gasteiger partial charge is 0.325 e.